The van der Waals surface area contributed by atoms with Gasteiger partial charge in [-0.25, -0.2) is 4.39 Å². The van der Waals surface area contributed by atoms with Gasteiger partial charge < -0.3 is 10.2 Å². The fraction of sp³-hybridized carbons (Fsp3) is 0.429. The summed E-state index contributed by atoms with van der Waals surface area (Å²) in [7, 11) is 0. The van der Waals surface area contributed by atoms with Gasteiger partial charge >= 0.3 is 0 Å². The zero-order chi connectivity index (χ0) is 17.6. The molecule has 2 aromatic rings. The maximum atomic E-state index is 15.3. The average molecular weight is 330 g/mol. The summed E-state index contributed by atoms with van der Waals surface area (Å²) < 4.78 is 15.3. The van der Waals surface area contributed by atoms with Gasteiger partial charge in [-0.3, -0.25) is 0 Å². The van der Waals surface area contributed by atoms with Crippen LogP contribution in [0.4, 0.5) is 4.39 Å². The SMILES string of the molecule is CCCCCCC(F)C(C)(c1ccc(O)cc1)c1ccc(O)cc1. The van der Waals surface area contributed by atoms with Crippen LogP contribution in [0.25, 0.3) is 0 Å². The molecule has 0 saturated carbocycles. The number of unbranched alkanes of at least 4 members (excludes halogenated alkanes) is 3. The van der Waals surface area contributed by atoms with Gasteiger partial charge in [-0.05, 0) is 48.7 Å². The Kier molecular flexibility index (Phi) is 6.24. The first-order chi connectivity index (χ1) is 11.5. The molecule has 0 bridgehead atoms. The van der Waals surface area contributed by atoms with E-state index in [1.54, 1.807) is 48.5 Å². The molecule has 0 amide bonds. The Morgan fingerprint density at radius 3 is 1.71 bits per heavy atom. The highest BCUT2D eigenvalue weighted by molar-refractivity contribution is 5.43. The summed E-state index contributed by atoms with van der Waals surface area (Å²) in [5, 5.41) is 19.1. The van der Waals surface area contributed by atoms with Crippen molar-refractivity contribution in [3.05, 3.63) is 59.7 Å². The van der Waals surface area contributed by atoms with Gasteiger partial charge in [-0.2, -0.15) is 0 Å². The summed E-state index contributed by atoms with van der Waals surface area (Å²) in [5.74, 6) is 0.343. The van der Waals surface area contributed by atoms with Gasteiger partial charge in [0.15, 0.2) is 0 Å². The molecule has 1 unspecified atom stereocenters. The number of hydrogen-bond donors (Lipinski definition) is 2. The molecule has 130 valence electrons. The molecular formula is C21H27FO2. The van der Waals surface area contributed by atoms with Crippen molar-refractivity contribution in [1.29, 1.82) is 0 Å². The van der Waals surface area contributed by atoms with Crippen molar-refractivity contribution >= 4 is 0 Å². The maximum absolute atomic E-state index is 15.3. The third-order valence-corrected chi connectivity index (χ3v) is 4.87. The zero-order valence-electron chi connectivity index (χ0n) is 14.5. The molecule has 0 spiro atoms. The molecule has 1 atom stereocenters. The lowest BCUT2D eigenvalue weighted by Crippen LogP contribution is -2.35. The van der Waals surface area contributed by atoms with Crippen molar-refractivity contribution in [2.45, 2.75) is 57.5 Å². The van der Waals surface area contributed by atoms with E-state index in [1.807, 2.05) is 6.92 Å². The minimum atomic E-state index is -1.04. The number of rotatable bonds is 8. The van der Waals surface area contributed by atoms with Gasteiger partial charge in [0.1, 0.15) is 17.7 Å². The number of phenolic OH excluding ortho intramolecular Hbond substituents is 2. The van der Waals surface area contributed by atoms with Crippen molar-refractivity contribution in [2.24, 2.45) is 0 Å². The van der Waals surface area contributed by atoms with Crippen LogP contribution in [0.3, 0.4) is 0 Å². The van der Waals surface area contributed by atoms with Crippen molar-refractivity contribution in [3.63, 3.8) is 0 Å². The molecule has 0 aliphatic rings. The van der Waals surface area contributed by atoms with E-state index < -0.39 is 11.6 Å². The van der Waals surface area contributed by atoms with Gasteiger partial charge in [0.2, 0.25) is 0 Å². The summed E-state index contributed by atoms with van der Waals surface area (Å²) in [6.45, 7) is 4.04. The van der Waals surface area contributed by atoms with Crippen LogP contribution < -0.4 is 0 Å². The van der Waals surface area contributed by atoms with Crippen LogP contribution >= 0.6 is 0 Å². The number of phenols is 2. The zero-order valence-corrected chi connectivity index (χ0v) is 14.5. The summed E-state index contributed by atoms with van der Waals surface area (Å²) in [5.41, 5.74) is 0.844. The smallest absolute Gasteiger partial charge is 0.115 e. The largest absolute Gasteiger partial charge is 0.508 e. The molecule has 3 heteroatoms. The normalized spacial score (nSPS) is 13.0. The molecule has 24 heavy (non-hydrogen) atoms. The number of halogens is 1. The monoisotopic (exact) mass is 330 g/mol. The Balaban J connectivity index is 2.33. The predicted molar refractivity (Wildman–Crippen MR) is 96.3 cm³/mol. The highest BCUT2D eigenvalue weighted by Gasteiger charge is 2.37. The van der Waals surface area contributed by atoms with Crippen molar-refractivity contribution in [2.75, 3.05) is 0 Å². The summed E-state index contributed by atoms with van der Waals surface area (Å²) in [6.07, 6.45) is 3.62. The van der Waals surface area contributed by atoms with Crippen LogP contribution in [-0.4, -0.2) is 16.4 Å². The van der Waals surface area contributed by atoms with Gasteiger partial charge in [-0.15, -0.1) is 0 Å². The Morgan fingerprint density at radius 1 is 0.833 bits per heavy atom. The van der Waals surface area contributed by atoms with Crippen LogP contribution in [-0.2, 0) is 5.41 Å². The number of aromatic hydroxyl groups is 2. The van der Waals surface area contributed by atoms with E-state index >= 15 is 4.39 Å². The third-order valence-electron chi connectivity index (χ3n) is 4.87. The van der Waals surface area contributed by atoms with Crippen molar-refractivity contribution in [3.8, 4) is 11.5 Å². The Morgan fingerprint density at radius 2 is 1.29 bits per heavy atom. The van der Waals surface area contributed by atoms with E-state index in [0.29, 0.717) is 6.42 Å². The Labute approximate surface area is 144 Å². The van der Waals surface area contributed by atoms with Gasteiger partial charge in [0.05, 0.1) is 0 Å². The highest BCUT2D eigenvalue weighted by atomic mass is 19.1. The summed E-state index contributed by atoms with van der Waals surface area (Å²) in [6, 6.07) is 13.5. The van der Waals surface area contributed by atoms with E-state index in [9.17, 15) is 10.2 Å². The lowest BCUT2D eigenvalue weighted by Gasteiger charge is -2.34. The molecule has 0 saturated heterocycles. The molecule has 0 fully saturated rings. The second-order valence-electron chi connectivity index (χ2n) is 6.61. The first-order valence-electron chi connectivity index (χ1n) is 8.71. The Bertz CT molecular complexity index is 574. The standard InChI is InChI=1S/C21H27FO2/c1-3-4-5-6-7-20(22)21(2,16-8-12-18(23)13-9-16)17-10-14-19(24)15-11-17/h8-15,20,23-24H,3-7H2,1-2H3. The molecule has 0 aromatic heterocycles. The minimum absolute atomic E-state index is 0.171. The number of hydrogen-bond acceptors (Lipinski definition) is 2. The second kappa shape index (κ2) is 8.18. The fourth-order valence-corrected chi connectivity index (χ4v) is 3.18. The molecule has 0 radical (unpaired) electrons. The van der Waals surface area contributed by atoms with Crippen LogP contribution in [0.15, 0.2) is 48.5 Å². The minimum Gasteiger partial charge on any atom is -0.508 e. The lowest BCUT2D eigenvalue weighted by atomic mass is 9.71. The van der Waals surface area contributed by atoms with Crippen LogP contribution in [0.5, 0.6) is 11.5 Å². The quantitative estimate of drug-likeness (QED) is 0.608. The Hall–Kier alpha value is -2.03. The molecule has 2 aromatic carbocycles. The van der Waals surface area contributed by atoms with Gasteiger partial charge in [0, 0.05) is 5.41 Å². The first kappa shape index (κ1) is 18.3. The second-order valence-corrected chi connectivity index (χ2v) is 6.61. The fourth-order valence-electron chi connectivity index (χ4n) is 3.18. The average Bonchev–Trinajstić information content (AvgIpc) is 2.59. The molecule has 2 N–H and O–H groups in total. The molecular weight excluding hydrogens is 303 g/mol. The number of benzene rings is 2. The molecule has 2 rings (SSSR count). The van der Waals surface area contributed by atoms with E-state index in [2.05, 4.69) is 6.92 Å². The van der Waals surface area contributed by atoms with Crippen molar-refractivity contribution < 1.29 is 14.6 Å². The summed E-state index contributed by atoms with van der Waals surface area (Å²) >= 11 is 0. The predicted octanol–water partition coefficient (Wildman–Crippen LogP) is 5.71. The van der Waals surface area contributed by atoms with Gasteiger partial charge in [-0.1, -0.05) is 56.9 Å². The molecule has 2 nitrogen and oxygen atoms in total. The molecule has 0 aliphatic carbocycles. The van der Waals surface area contributed by atoms with E-state index in [-0.39, 0.29) is 11.5 Å². The first-order valence-corrected chi connectivity index (χ1v) is 8.71. The number of alkyl halides is 1. The van der Waals surface area contributed by atoms with Crippen LogP contribution in [0, 0.1) is 0 Å². The molecule has 0 aliphatic heterocycles. The van der Waals surface area contributed by atoms with Gasteiger partial charge in [0.25, 0.3) is 0 Å². The van der Waals surface area contributed by atoms with E-state index in [0.717, 1.165) is 36.8 Å². The highest BCUT2D eigenvalue weighted by Crippen LogP contribution is 2.40. The molecule has 0 heterocycles. The topological polar surface area (TPSA) is 40.5 Å². The third kappa shape index (κ3) is 4.08. The van der Waals surface area contributed by atoms with Crippen LogP contribution in [0.2, 0.25) is 0 Å². The van der Waals surface area contributed by atoms with E-state index in [1.165, 1.54) is 0 Å². The van der Waals surface area contributed by atoms with Crippen molar-refractivity contribution in [1.82, 2.24) is 0 Å². The maximum Gasteiger partial charge on any atom is 0.115 e. The van der Waals surface area contributed by atoms with E-state index in [4.69, 9.17) is 0 Å². The lowest BCUT2D eigenvalue weighted by molar-refractivity contribution is 0.213. The van der Waals surface area contributed by atoms with Crippen LogP contribution in [0.1, 0.15) is 57.1 Å². The summed E-state index contributed by atoms with van der Waals surface area (Å²) in [4.78, 5) is 0.